The smallest absolute Gasteiger partial charge is 0.224 e. The topological polar surface area (TPSA) is 83.6 Å². The van der Waals surface area contributed by atoms with Gasteiger partial charge in [-0.1, -0.05) is 63.3 Å². The highest BCUT2D eigenvalue weighted by molar-refractivity contribution is 5.91. The summed E-state index contributed by atoms with van der Waals surface area (Å²) in [6.07, 6.45) is 22.0. The molecule has 7 heteroatoms. The second-order valence-electron chi connectivity index (χ2n) is 7.97. The van der Waals surface area contributed by atoms with Crippen LogP contribution in [0.5, 0.6) is 0 Å². The standard InChI is InChI=1S/C25H36FN5O/c1-2-3-4-5-6-7-8-9-10-11-12-13-14-15-16-17-24(32)27-23-19-18-21(20-22(23)26)25-28-30-31-29-25/h6-7,9-10,18-20H,2-5,8,11-17H2,1H3,(H,27,32)(H,28,29,30,31)/b7-6-,10-9-. The molecule has 0 atom stereocenters. The quantitative estimate of drug-likeness (QED) is 0.223. The number of halogens is 1. The van der Waals surface area contributed by atoms with Crippen LogP contribution in [-0.2, 0) is 4.79 Å². The van der Waals surface area contributed by atoms with Crippen LogP contribution in [0, 0.1) is 5.82 Å². The molecular weight excluding hydrogens is 405 g/mol. The Labute approximate surface area is 190 Å². The lowest BCUT2D eigenvalue weighted by Gasteiger charge is -2.07. The van der Waals surface area contributed by atoms with E-state index in [1.165, 1.54) is 50.7 Å². The predicted molar refractivity (Wildman–Crippen MR) is 128 cm³/mol. The van der Waals surface area contributed by atoms with Crippen LogP contribution in [0.1, 0.15) is 84.0 Å². The van der Waals surface area contributed by atoms with Crippen LogP contribution in [0.2, 0.25) is 0 Å². The van der Waals surface area contributed by atoms with E-state index in [1.54, 1.807) is 6.07 Å². The molecule has 6 nitrogen and oxygen atoms in total. The van der Waals surface area contributed by atoms with Gasteiger partial charge in [-0.3, -0.25) is 4.79 Å². The number of tetrazole rings is 1. The van der Waals surface area contributed by atoms with Crippen molar-refractivity contribution in [3.8, 4) is 11.4 Å². The van der Waals surface area contributed by atoms with Gasteiger partial charge < -0.3 is 5.32 Å². The van der Waals surface area contributed by atoms with Gasteiger partial charge in [0, 0.05) is 12.0 Å². The van der Waals surface area contributed by atoms with Crippen molar-refractivity contribution < 1.29 is 9.18 Å². The summed E-state index contributed by atoms with van der Waals surface area (Å²) in [4.78, 5) is 12.1. The highest BCUT2D eigenvalue weighted by Gasteiger charge is 2.10. The van der Waals surface area contributed by atoms with Crippen molar-refractivity contribution in [2.75, 3.05) is 5.32 Å². The monoisotopic (exact) mass is 441 g/mol. The Morgan fingerprint density at radius 1 is 1.00 bits per heavy atom. The van der Waals surface area contributed by atoms with Crippen molar-refractivity contribution in [3.05, 3.63) is 48.3 Å². The first kappa shape index (κ1) is 25.4. The van der Waals surface area contributed by atoms with Gasteiger partial charge in [-0.25, -0.2) is 9.49 Å². The van der Waals surface area contributed by atoms with Crippen LogP contribution in [0.3, 0.4) is 0 Å². The van der Waals surface area contributed by atoms with Gasteiger partial charge in [-0.05, 0) is 67.2 Å². The van der Waals surface area contributed by atoms with E-state index in [2.05, 4.69) is 57.2 Å². The highest BCUT2D eigenvalue weighted by atomic mass is 19.1. The molecule has 0 fully saturated rings. The minimum atomic E-state index is -0.507. The third kappa shape index (κ3) is 10.5. The first-order valence-electron chi connectivity index (χ1n) is 11.8. The molecule has 0 radical (unpaired) electrons. The number of aromatic amines is 1. The minimum absolute atomic E-state index is 0.163. The number of unbranched alkanes of at least 4 members (excludes halogenated alkanes) is 8. The molecule has 174 valence electrons. The molecule has 0 bridgehead atoms. The SMILES string of the molecule is CCCCC/C=C\C/C=C\CCCCCCCC(=O)Nc1ccc(-c2nnn[nH]2)cc1F. The van der Waals surface area contributed by atoms with Crippen molar-refractivity contribution in [1.29, 1.82) is 0 Å². The largest absolute Gasteiger partial charge is 0.324 e. The maximum Gasteiger partial charge on any atom is 0.224 e. The number of nitrogens with one attached hydrogen (secondary N) is 2. The molecule has 2 rings (SSSR count). The van der Waals surface area contributed by atoms with Gasteiger partial charge in [-0.15, -0.1) is 5.10 Å². The highest BCUT2D eigenvalue weighted by Crippen LogP contribution is 2.21. The summed E-state index contributed by atoms with van der Waals surface area (Å²) in [5, 5.41) is 15.9. The first-order chi connectivity index (χ1) is 15.7. The van der Waals surface area contributed by atoms with Gasteiger partial charge >= 0.3 is 0 Å². The van der Waals surface area contributed by atoms with E-state index in [9.17, 15) is 9.18 Å². The molecule has 1 aromatic heterocycles. The molecule has 2 N–H and O–H groups in total. The average molecular weight is 442 g/mol. The number of H-pyrrole nitrogens is 1. The maximum absolute atomic E-state index is 14.2. The molecule has 0 saturated heterocycles. The lowest BCUT2D eigenvalue weighted by atomic mass is 10.1. The van der Waals surface area contributed by atoms with E-state index in [1.807, 2.05) is 0 Å². The van der Waals surface area contributed by atoms with Gasteiger partial charge in [0.05, 0.1) is 5.69 Å². The van der Waals surface area contributed by atoms with E-state index >= 15 is 0 Å². The van der Waals surface area contributed by atoms with Crippen molar-refractivity contribution in [2.24, 2.45) is 0 Å². The zero-order valence-electron chi connectivity index (χ0n) is 19.2. The zero-order valence-corrected chi connectivity index (χ0v) is 19.2. The summed E-state index contributed by atoms with van der Waals surface area (Å²) in [6, 6.07) is 4.50. The molecular formula is C25H36FN5O. The number of hydrogen-bond acceptors (Lipinski definition) is 4. The lowest BCUT2D eigenvalue weighted by molar-refractivity contribution is -0.116. The summed E-state index contributed by atoms with van der Waals surface area (Å²) in [5.74, 6) is -0.289. The Morgan fingerprint density at radius 3 is 2.41 bits per heavy atom. The van der Waals surface area contributed by atoms with Crippen molar-refractivity contribution >= 4 is 11.6 Å². The zero-order chi connectivity index (χ0) is 22.9. The molecule has 0 aliphatic carbocycles. The molecule has 0 unspecified atom stereocenters. The van der Waals surface area contributed by atoms with Gasteiger partial charge in [0.25, 0.3) is 0 Å². The average Bonchev–Trinajstić information content (AvgIpc) is 3.33. The number of nitrogens with zero attached hydrogens (tertiary/aromatic N) is 3. The first-order valence-corrected chi connectivity index (χ1v) is 11.8. The van der Waals surface area contributed by atoms with Gasteiger partial charge in [-0.2, -0.15) is 0 Å². The third-order valence-corrected chi connectivity index (χ3v) is 5.22. The minimum Gasteiger partial charge on any atom is -0.324 e. The Balaban J connectivity index is 1.49. The molecule has 1 amide bonds. The number of aromatic nitrogens is 4. The van der Waals surface area contributed by atoms with E-state index < -0.39 is 5.82 Å². The summed E-state index contributed by atoms with van der Waals surface area (Å²) in [7, 11) is 0. The fourth-order valence-electron chi connectivity index (χ4n) is 3.35. The van der Waals surface area contributed by atoms with Crippen LogP contribution in [-0.4, -0.2) is 26.5 Å². The number of allylic oxidation sites excluding steroid dienone is 4. The van der Waals surface area contributed by atoms with Crippen LogP contribution in [0.4, 0.5) is 10.1 Å². The molecule has 32 heavy (non-hydrogen) atoms. The van der Waals surface area contributed by atoms with E-state index in [0.717, 1.165) is 32.1 Å². The van der Waals surface area contributed by atoms with Crippen LogP contribution in [0.25, 0.3) is 11.4 Å². The van der Waals surface area contributed by atoms with Crippen LogP contribution >= 0.6 is 0 Å². The maximum atomic E-state index is 14.2. The Kier molecular flexibility index (Phi) is 12.6. The summed E-state index contributed by atoms with van der Waals surface area (Å²) in [5.41, 5.74) is 0.702. The summed E-state index contributed by atoms with van der Waals surface area (Å²) in [6.45, 7) is 2.23. The number of amides is 1. The fraction of sp³-hybridized carbons (Fsp3) is 0.520. The van der Waals surface area contributed by atoms with Crippen molar-refractivity contribution in [1.82, 2.24) is 20.6 Å². The van der Waals surface area contributed by atoms with E-state index in [4.69, 9.17) is 0 Å². The van der Waals surface area contributed by atoms with Crippen molar-refractivity contribution in [2.45, 2.75) is 84.0 Å². The molecule has 1 aromatic carbocycles. The van der Waals surface area contributed by atoms with Crippen LogP contribution < -0.4 is 5.32 Å². The Hall–Kier alpha value is -2.83. The molecule has 0 aliphatic heterocycles. The van der Waals surface area contributed by atoms with Gasteiger partial charge in [0.15, 0.2) is 5.82 Å². The normalized spacial score (nSPS) is 11.6. The van der Waals surface area contributed by atoms with Crippen LogP contribution in [0.15, 0.2) is 42.5 Å². The number of carbonyl (C=O) groups is 1. The number of rotatable bonds is 16. The third-order valence-electron chi connectivity index (χ3n) is 5.22. The van der Waals surface area contributed by atoms with Gasteiger partial charge in [0.1, 0.15) is 5.82 Å². The van der Waals surface area contributed by atoms with E-state index in [0.29, 0.717) is 17.8 Å². The number of hydrogen-bond donors (Lipinski definition) is 2. The number of benzene rings is 1. The number of anilines is 1. The molecule has 2 aromatic rings. The molecule has 0 spiro atoms. The molecule has 0 saturated carbocycles. The molecule has 0 aliphatic rings. The summed E-state index contributed by atoms with van der Waals surface area (Å²) < 4.78 is 14.2. The lowest BCUT2D eigenvalue weighted by Crippen LogP contribution is -2.12. The van der Waals surface area contributed by atoms with Crippen molar-refractivity contribution in [3.63, 3.8) is 0 Å². The predicted octanol–water partition coefficient (Wildman–Crippen LogP) is 6.76. The van der Waals surface area contributed by atoms with Gasteiger partial charge in [0.2, 0.25) is 5.91 Å². The fourth-order valence-corrected chi connectivity index (χ4v) is 3.35. The van der Waals surface area contributed by atoms with E-state index in [-0.39, 0.29) is 11.6 Å². The second kappa shape index (κ2) is 15.9. The molecule has 1 heterocycles. The summed E-state index contributed by atoms with van der Waals surface area (Å²) >= 11 is 0. The Bertz CT molecular complexity index is 833. The second-order valence-corrected chi connectivity index (χ2v) is 7.97. The number of carbonyl (C=O) groups excluding carboxylic acids is 1. The Morgan fingerprint density at radius 2 is 1.72 bits per heavy atom.